The summed E-state index contributed by atoms with van der Waals surface area (Å²) in [6.07, 6.45) is 7.59. The van der Waals surface area contributed by atoms with Crippen molar-refractivity contribution in [2.45, 2.75) is 32.1 Å². The van der Waals surface area contributed by atoms with Crippen LogP contribution >= 0.6 is 0 Å². The summed E-state index contributed by atoms with van der Waals surface area (Å²) in [5.74, 6) is 0.802. The quantitative estimate of drug-likeness (QED) is 0.820. The van der Waals surface area contributed by atoms with E-state index in [1.54, 1.807) is 31.3 Å². The van der Waals surface area contributed by atoms with Crippen LogP contribution in [0, 0.1) is 5.41 Å². The maximum absolute atomic E-state index is 12.7. The van der Waals surface area contributed by atoms with Gasteiger partial charge < -0.3 is 20.3 Å². The topological polar surface area (TPSA) is 83.6 Å². The molecule has 2 heterocycles. The number of hydrogen-bond donors (Lipinski definition) is 2. The molecular formula is C22H26N4O3. The Morgan fingerprint density at radius 2 is 1.90 bits per heavy atom. The van der Waals surface area contributed by atoms with E-state index in [0.717, 1.165) is 25.9 Å². The number of likely N-dealkylation sites (tertiary alicyclic amines) is 1. The Hall–Kier alpha value is -3.09. The fourth-order valence-electron chi connectivity index (χ4n) is 3.84. The van der Waals surface area contributed by atoms with Crippen molar-refractivity contribution >= 4 is 17.6 Å². The van der Waals surface area contributed by atoms with Gasteiger partial charge in [0.15, 0.2) is 0 Å². The van der Waals surface area contributed by atoms with Crippen molar-refractivity contribution < 1.29 is 14.3 Å². The number of carbonyl (C=O) groups excluding carboxylic acids is 2. The van der Waals surface area contributed by atoms with Crippen LogP contribution in [-0.2, 0) is 0 Å². The third-order valence-electron chi connectivity index (χ3n) is 5.80. The minimum Gasteiger partial charge on any atom is -0.457 e. The minimum atomic E-state index is -0.276. The molecule has 1 aliphatic heterocycles. The summed E-state index contributed by atoms with van der Waals surface area (Å²) in [4.78, 5) is 30.4. The van der Waals surface area contributed by atoms with Crippen LogP contribution in [-0.4, -0.2) is 42.0 Å². The third-order valence-corrected chi connectivity index (χ3v) is 5.80. The highest BCUT2D eigenvalue weighted by molar-refractivity contribution is 5.92. The predicted octanol–water partition coefficient (Wildman–Crippen LogP) is 4.03. The van der Waals surface area contributed by atoms with Gasteiger partial charge in [-0.15, -0.1) is 0 Å². The van der Waals surface area contributed by atoms with Gasteiger partial charge in [-0.1, -0.05) is 6.07 Å². The third kappa shape index (κ3) is 4.67. The predicted molar refractivity (Wildman–Crippen MR) is 110 cm³/mol. The molecule has 0 atom stereocenters. The van der Waals surface area contributed by atoms with Crippen molar-refractivity contribution in [3.8, 4) is 11.5 Å². The first-order valence-electron chi connectivity index (χ1n) is 10.1. The Morgan fingerprint density at radius 1 is 1.07 bits per heavy atom. The van der Waals surface area contributed by atoms with Crippen molar-refractivity contribution in [3.63, 3.8) is 0 Å². The lowest BCUT2D eigenvalue weighted by atomic mass is 9.98. The van der Waals surface area contributed by atoms with Gasteiger partial charge in [-0.25, -0.2) is 4.79 Å². The Kier molecular flexibility index (Phi) is 5.38. The molecule has 2 N–H and O–H groups in total. The molecule has 2 fully saturated rings. The number of amides is 3. The zero-order valence-electron chi connectivity index (χ0n) is 16.6. The van der Waals surface area contributed by atoms with Crippen LogP contribution < -0.4 is 15.4 Å². The average Bonchev–Trinajstić information content (AvgIpc) is 3.53. The van der Waals surface area contributed by atoms with E-state index in [9.17, 15) is 9.59 Å². The van der Waals surface area contributed by atoms with Crippen molar-refractivity contribution in [2.75, 3.05) is 25.5 Å². The Bertz CT molecular complexity index is 910. The molecular weight excluding hydrogens is 368 g/mol. The molecule has 0 bridgehead atoms. The SMILES string of the molecule is CNC(=O)c1cc(Oc2cccc(NC(=O)N3CCCC4(CC3)CC4)c2)ccn1. The van der Waals surface area contributed by atoms with Crippen molar-refractivity contribution in [2.24, 2.45) is 5.41 Å². The van der Waals surface area contributed by atoms with Crippen LogP contribution in [0.4, 0.5) is 10.5 Å². The second-order valence-electron chi connectivity index (χ2n) is 7.86. The number of aromatic nitrogens is 1. The summed E-state index contributed by atoms with van der Waals surface area (Å²) in [5.41, 5.74) is 1.49. The molecule has 3 amide bonds. The first kappa shape index (κ1) is 19.2. The number of nitrogens with zero attached hydrogens (tertiary/aromatic N) is 2. The fraction of sp³-hybridized carbons (Fsp3) is 0.409. The Labute approximate surface area is 170 Å². The number of rotatable bonds is 4. The lowest BCUT2D eigenvalue weighted by molar-refractivity contribution is 0.0958. The molecule has 0 unspecified atom stereocenters. The molecule has 2 aromatic rings. The number of urea groups is 1. The van der Waals surface area contributed by atoms with E-state index >= 15 is 0 Å². The number of pyridine rings is 1. The monoisotopic (exact) mass is 394 g/mol. The summed E-state index contributed by atoms with van der Waals surface area (Å²) in [6.45, 7) is 1.63. The molecule has 152 valence electrons. The highest BCUT2D eigenvalue weighted by atomic mass is 16.5. The van der Waals surface area contributed by atoms with Gasteiger partial charge in [0.25, 0.3) is 5.91 Å². The van der Waals surface area contributed by atoms with Crippen molar-refractivity contribution in [1.29, 1.82) is 0 Å². The fourth-order valence-corrected chi connectivity index (χ4v) is 3.84. The van der Waals surface area contributed by atoms with Crippen LogP contribution in [0.15, 0.2) is 42.6 Å². The Balaban J connectivity index is 1.39. The first-order valence-corrected chi connectivity index (χ1v) is 10.1. The molecule has 1 aromatic heterocycles. The summed E-state index contributed by atoms with van der Waals surface area (Å²) < 4.78 is 5.85. The van der Waals surface area contributed by atoms with E-state index in [0.29, 0.717) is 22.6 Å². The molecule has 1 aliphatic carbocycles. The lowest BCUT2D eigenvalue weighted by Gasteiger charge is -2.21. The molecule has 1 saturated heterocycles. The van der Waals surface area contributed by atoms with Gasteiger partial charge in [0.2, 0.25) is 0 Å². The summed E-state index contributed by atoms with van der Waals surface area (Å²) >= 11 is 0. The van der Waals surface area contributed by atoms with E-state index in [1.165, 1.54) is 25.5 Å². The molecule has 1 spiro atoms. The average molecular weight is 394 g/mol. The van der Waals surface area contributed by atoms with Gasteiger partial charge in [-0.05, 0) is 55.7 Å². The van der Waals surface area contributed by atoms with Crippen LogP contribution in [0.5, 0.6) is 11.5 Å². The maximum Gasteiger partial charge on any atom is 0.321 e. The first-order chi connectivity index (χ1) is 14.1. The second-order valence-corrected chi connectivity index (χ2v) is 7.86. The standard InChI is InChI=1S/C22H26N4O3/c1-23-20(27)19-15-18(6-11-24-19)29-17-5-2-4-16(14-17)25-21(28)26-12-3-7-22(8-9-22)10-13-26/h2,4-6,11,14-15H,3,7-10,12-13H2,1H3,(H,23,27)(H,25,28). The molecule has 4 rings (SSSR count). The van der Waals surface area contributed by atoms with Crippen LogP contribution in [0.25, 0.3) is 0 Å². The minimum absolute atomic E-state index is 0.0642. The number of benzene rings is 1. The molecule has 2 aliphatic rings. The molecule has 1 saturated carbocycles. The summed E-state index contributed by atoms with van der Waals surface area (Å²) in [7, 11) is 1.55. The van der Waals surface area contributed by atoms with E-state index in [2.05, 4.69) is 15.6 Å². The van der Waals surface area contributed by atoms with Gasteiger partial charge >= 0.3 is 6.03 Å². The largest absolute Gasteiger partial charge is 0.457 e. The second kappa shape index (κ2) is 8.11. The normalized spacial score (nSPS) is 17.3. The molecule has 29 heavy (non-hydrogen) atoms. The van der Waals surface area contributed by atoms with E-state index in [4.69, 9.17) is 4.74 Å². The number of anilines is 1. The van der Waals surface area contributed by atoms with E-state index in [1.807, 2.05) is 17.0 Å². The molecule has 0 radical (unpaired) electrons. The smallest absolute Gasteiger partial charge is 0.321 e. The zero-order chi connectivity index (χ0) is 20.3. The van der Waals surface area contributed by atoms with E-state index < -0.39 is 0 Å². The highest BCUT2D eigenvalue weighted by Gasteiger charge is 2.43. The van der Waals surface area contributed by atoms with Crippen molar-refractivity contribution in [3.05, 3.63) is 48.3 Å². The number of carbonyl (C=O) groups is 2. The maximum atomic E-state index is 12.7. The molecule has 7 nitrogen and oxygen atoms in total. The van der Waals surface area contributed by atoms with Gasteiger partial charge in [-0.3, -0.25) is 9.78 Å². The van der Waals surface area contributed by atoms with Crippen LogP contribution in [0.3, 0.4) is 0 Å². The number of hydrogen-bond acceptors (Lipinski definition) is 4. The summed E-state index contributed by atoms with van der Waals surface area (Å²) in [5, 5.41) is 5.52. The number of ether oxygens (including phenoxy) is 1. The zero-order valence-corrected chi connectivity index (χ0v) is 16.6. The van der Waals surface area contributed by atoms with Crippen molar-refractivity contribution in [1.82, 2.24) is 15.2 Å². The Morgan fingerprint density at radius 3 is 2.69 bits per heavy atom. The van der Waals surface area contributed by atoms with Crippen LogP contribution in [0.2, 0.25) is 0 Å². The summed E-state index contributed by atoms with van der Waals surface area (Å²) in [6, 6.07) is 10.4. The van der Waals surface area contributed by atoms with Gasteiger partial charge in [0.1, 0.15) is 17.2 Å². The highest BCUT2D eigenvalue weighted by Crippen LogP contribution is 2.53. The van der Waals surface area contributed by atoms with Gasteiger partial charge in [0.05, 0.1) is 0 Å². The lowest BCUT2D eigenvalue weighted by Crippen LogP contribution is -2.35. The van der Waals surface area contributed by atoms with Crippen LogP contribution in [0.1, 0.15) is 42.6 Å². The molecule has 1 aromatic carbocycles. The van der Waals surface area contributed by atoms with Gasteiger partial charge in [-0.2, -0.15) is 0 Å². The number of nitrogens with one attached hydrogen (secondary N) is 2. The van der Waals surface area contributed by atoms with Gasteiger partial charge in [0, 0.05) is 44.2 Å². The molecule has 7 heteroatoms. The van der Waals surface area contributed by atoms with E-state index in [-0.39, 0.29) is 17.6 Å².